The third-order valence-electron chi connectivity index (χ3n) is 4.86. The van der Waals surface area contributed by atoms with Gasteiger partial charge in [-0.25, -0.2) is 0 Å². The van der Waals surface area contributed by atoms with E-state index in [1.165, 1.54) is 34.9 Å². The second kappa shape index (κ2) is 7.23. The Morgan fingerprint density at radius 3 is 2.40 bits per heavy atom. The Bertz CT molecular complexity index is 412. The van der Waals surface area contributed by atoms with Gasteiger partial charge >= 0.3 is 0 Å². The molecule has 112 valence electrons. The monoisotopic (exact) mass is 386 g/mol. The average molecular weight is 386 g/mol. The second-order valence-electron chi connectivity index (χ2n) is 5.96. The van der Waals surface area contributed by atoms with E-state index in [2.05, 4.69) is 77.8 Å². The first kappa shape index (κ1) is 16.2. The smallest absolute Gasteiger partial charge is 0.0304 e. The lowest BCUT2D eigenvalue weighted by Crippen LogP contribution is -2.63. The number of hydrogen-bond acceptors (Lipinski definition) is 2. The van der Waals surface area contributed by atoms with Crippen LogP contribution in [0.3, 0.4) is 0 Å². The topological polar surface area (TPSA) is 15.3 Å². The highest BCUT2D eigenvalue weighted by atomic mass is 127. The molecule has 1 saturated heterocycles. The summed E-state index contributed by atoms with van der Waals surface area (Å²) >= 11 is 2.37. The molecular formula is C17H27IN2. The van der Waals surface area contributed by atoms with Crippen LogP contribution < -0.4 is 5.32 Å². The lowest BCUT2D eigenvalue weighted by atomic mass is 9.88. The summed E-state index contributed by atoms with van der Waals surface area (Å²) in [5, 5.41) is 3.81. The molecule has 1 aliphatic heterocycles. The van der Waals surface area contributed by atoms with Gasteiger partial charge in [0.05, 0.1) is 0 Å². The highest BCUT2D eigenvalue weighted by Crippen LogP contribution is 2.25. The minimum Gasteiger partial charge on any atom is -0.308 e. The van der Waals surface area contributed by atoms with Crippen molar-refractivity contribution >= 4 is 22.6 Å². The van der Waals surface area contributed by atoms with E-state index >= 15 is 0 Å². The van der Waals surface area contributed by atoms with E-state index < -0.39 is 0 Å². The normalized spacial score (nSPS) is 22.9. The van der Waals surface area contributed by atoms with Crippen LogP contribution in [0.5, 0.6) is 0 Å². The zero-order valence-electron chi connectivity index (χ0n) is 13.0. The van der Waals surface area contributed by atoms with Gasteiger partial charge in [0.15, 0.2) is 0 Å². The number of nitrogens with one attached hydrogen (secondary N) is 1. The number of rotatable bonds is 5. The molecule has 3 heteroatoms. The van der Waals surface area contributed by atoms with Gasteiger partial charge in [0.1, 0.15) is 0 Å². The molecule has 1 aliphatic rings. The molecule has 0 aromatic heterocycles. The average Bonchev–Trinajstić information content (AvgIpc) is 2.49. The maximum absolute atomic E-state index is 3.81. The zero-order valence-corrected chi connectivity index (χ0v) is 15.1. The summed E-state index contributed by atoms with van der Waals surface area (Å²) in [7, 11) is 0. The van der Waals surface area contributed by atoms with Gasteiger partial charge in [0.25, 0.3) is 0 Å². The second-order valence-corrected chi connectivity index (χ2v) is 7.21. The predicted octanol–water partition coefficient (Wildman–Crippen LogP) is 4.03. The number of halogens is 1. The molecule has 1 heterocycles. The molecule has 1 N–H and O–H groups in total. The van der Waals surface area contributed by atoms with Crippen LogP contribution in [-0.4, -0.2) is 29.6 Å². The molecule has 2 nitrogen and oxygen atoms in total. The summed E-state index contributed by atoms with van der Waals surface area (Å²) < 4.78 is 1.31. The lowest BCUT2D eigenvalue weighted by molar-refractivity contribution is 0.0643. The Balaban J connectivity index is 2.10. The van der Waals surface area contributed by atoms with Gasteiger partial charge < -0.3 is 5.32 Å². The first-order valence-electron chi connectivity index (χ1n) is 7.86. The number of benzene rings is 1. The van der Waals surface area contributed by atoms with Gasteiger partial charge in [-0.2, -0.15) is 0 Å². The molecule has 2 rings (SSSR count). The van der Waals surface area contributed by atoms with Crippen molar-refractivity contribution in [1.82, 2.24) is 10.2 Å². The molecule has 1 aromatic carbocycles. The largest absolute Gasteiger partial charge is 0.308 e. The van der Waals surface area contributed by atoms with Crippen LogP contribution in [0.4, 0.5) is 0 Å². The molecule has 0 saturated carbocycles. The Kier molecular flexibility index (Phi) is 5.87. The summed E-state index contributed by atoms with van der Waals surface area (Å²) in [4.78, 5) is 2.69. The fourth-order valence-corrected chi connectivity index (χ4v) is 3.53. The van der Waals surface area contributed by atoms with Crippen LogP contribution in [0.15, 0.2) is 24.3 Å². The summed E-state index contributed by atoms with van der Waals surface area (Å²) in [5.74, 6) is 0. The van der Waals surface area contributed by atoms with Crippen molar-refractivity contribution in [2.75, 3.05) is 13.1 Å². The third-order valence-corrected chi connectivity index (χ3v) is 5.58. The van der Waals surface area contributed by atoms with Gasteiger partial charge in [-0.05, 0) is 59.5 Å². The molecule has 0 bridgehead atoms. The van der Waals surface area contributed by atoms with E-state index in [-0.39, 0.29) is 0 Å². The van der Waals surface area contributed by atoms with Gasteiger partial charge in [0.2, 0.25) is 0 Å². The van der Waals surface area contributed by atoms with E-state index in [0.717, 1.165) is 13.1 Å². The van der Waals surface area contributed by atoms with E-state index in [0.29, 0.717) is 11.6 Å². The fourth-order valence-electron chi connectivity index (χ4n) is 3.17. The molecule has 1 unspecified atom stereocenters. The van der Waals surface area contributed by atoms with Crippen molar-refractivity contribution in [3.05, 3.63) is 33.4 Å². The molecule has 1 aromatic rings. The maximum atomic E-state index is 3.81. The highest BCUT2D eigenvalue weighted by molar-refractivity contribution is 14.1. The Hall–Kier alpha value is -0.130. The fraction of sp³-hybridized carbons (Fsp3) is 0.647. The molecule has 0 amide bonds. The summed E-state index contributed by atoms with van der Waals surface area (Å²) in [6.07, 6.45) is 3.65. The van der Waals surface area contributed by atoms with Crippen molar-refractivity contribution in [3.8, 4) is 0 Å². The van der Waals surface area contributed by atoms with Crippen LogP contribution >= 0.6 is 22.6 Å². The van der Waals surface area contributed by atoms with Gasteiger partial charge in [0, 0.05) is 34.8 Å². The Morgan fingerprint density at radius 2 is 1.85 bits per heavy atom. The minimum absolute atomic E-state index is 0.314. The first-order chi connectivity index (χ1) is 9.62. The maximum Gasteiger partial charge on any atom is 0.0304 e. The number of hydrogen-bond donors (Lipinski definition) is 1. The zero-order chi connectivity index (χ0) is 14.6. The van der Waals surface area contributed by atoms with E-state index in [1.54, 1.807) is 0 Å². The van der Waals surface area contributed by atoms with Crippen molar-refractivity contribution in [1.29, 1.82) is 0 Å². The molecule has 0 spiro atoms. The van der Waals surface area contributed by atoms with Gasteiger partial charge in [-0.1, -0.05) is 32.9 Å². The molecule has 0 aliphatic carbocycles. The van der Waals surface area contributed by atoms with Crippen LogP contribution in [-0.2, 0) is 6.54 Å². The molecule has 1 fully saturated rings. The molecule has 20 heavy (non-hydrogen) atoms. The van der Waals surface area contributed by atoms with Crippen molar-refractivity contribution < 1.29 is 0 Å². The minimum atomic E-state index is 0.314. The van der Waals surface area contributed by atoms with Crippen molar-refractivity contribution in [2.24, 2.45) is 0 Å². The standard InChI is InChI=1S/C17H27IN2/c1-4-16-11-19-17(5-2,6-3)13-20(16)12-14-7-9-15(18)10-8-14/h7-10,16,19H,4-6,11-13H2,1-3H3. The Labute approximate surface area is 137 Å². The SMILES string of the molecule is CCC1CNC(CC)(CC)CN1Cc1ccc(I)cc1. The predicted molar refractivity (Wildman–Crippen MR) is 95.0 cm³/mol. The van der Waals surface area contributed by atoms with Gasteiger partial charge in [-0.3, -0.25) is 4.90 Å². The number of nitrogens with zero attached hydrogens (tertiary/aromatic N) is 1. The molecule has 1 atom stereocenters. The first-order valence-corrected chi connectivity index (χ1v) is 8.94. The third kappa shape index (κ3) is 3.74. The number of piperazine rings is 1. The molecule has 0 radical (unpaired) electrons. The van der Waals surface area contributed by atoms with E-state index in [4.69, 9.17) is 0 Å². The Morgan fingerprint density at radius 1 is 1.20 bits per heavy atom. The van der Waals surface area contributed by atoms with Crippen molar-refractivity contribution in [2.45, 2.75) is 58.2 Å². The van der Waals surface area contributed by atoms with E-state index in [1.807, 2.05) is 0 Å². The van der Waals surface area contributed by atoms with Gasteiger partial charge in [-0.15, -0.1) is 0 Å². The highest BCUT2D eigenvalue weighted by Gasteiger charge is 2.35. The van der Waals surface area contributed by atoms with Crippen molar-refractivity contribution in [3.63, 3.8) is 0 Å². The summed E-state index contributed by atoms with van der Waals surface area (Å²) in [6, 6.07) is 9.64. The van der Waals surface area contributed by atoms with Crippen LogP contribution in [0.1, 0.15) is 45.6 Å². The van der Waals surface area contributed by atoms with Crippen LogP contribution in [0.25, 0.3) is 0 Å². The lowest BCUT2D eigenvalue weighted by Gasteiger charge is -2.47. The van der Waals surface area contributed by atoms with Crippen LogP contribution in [0, 0.1) is 3.57 Å². The van der Waals surface area contributed by atoms with E-state index in [9.17, 15) is 0 Å². The molecular weight excluding hydrogens is 359 g/mol. The summed E-state index contributed by atoms with van der Waals surface area (Å²) in [6.45, 7) is 10.3. The summed E-state index contributed by atoms with van der Waals surface area (Å²) in [5.41, 5.74) is 1.75. The quantitative estimate of drug-likeness (QED) is 0.769. The van der Waals surface area contributed by atoms with Crippen LogP contribution in [0.2, 0.25) is 0 Å².